The minimum atomic E-state index is -1.14. The molecule has 2 heterocycles. The molecule has 12 nitrogen and oxygen atoms in total. The molecule has 5 fully saturated rings. The predicted octanol–water partition coefficient (Wildman–Crippen LogP) is 4.78. The number of rotatable bonds is 12. The zero-order valence-electron chi connectivity index (χ0n) is 30.3. The van der Waals surface area contributed by atoms with E-state index in [0.717, 1.165) is 24.1 Å². The van der Waals surface area contributed by atoms with Gasteiger partial charge in [0.05, 0.1) is 53.8 Å². The lowest BCUT2D eigenvalue weighted by Gasteiger charge is -2.71. The number of benzene rings is 1. The van der Waals surface area contributed by atoms with Crippen molar-refractivity contribution in [1.82, 2.24) is 15.0 Å². The smallest absolute Gasteiger partial charge is 0.163 e. The van der Waals surface area contributed by atoms with Crippen LogP contribution in [-0.2, 0) is 44.4 Å². The molecule has 1 aromatic carbocycles. The fourth-order valence-electron chi connectivity index (χ4n) is 11.1. The predicted molar refractivity (Wildman–Crippen MR) is 177 cm³/mol. The number of nitrogens with zero attached hydrogens (tertiary/aromatic N) is 3. The second kappa shape index (κ2) is 13.7. The van der Waals surface area contributed by atoms with E-state index < -0.39 is 27.8 Å². The van der Waals surface area contributed by atoms with Crippen LogP contribution in [-0.4, -0.2) is 104 Å². The molecular formula is C37H54FN3O9. The van der Waals surface area contributed by atoms with Crippen LogP contribution in [0.1, 0.15) is 82.9 Å². The van der Waals surface area contributed by atoms with Crippen LogP contribution in [0.5, 0.6) is 0 Å². The van der Waals surface area contributed by atoms with Crippen LogP contribution in [0, 0.1) is 28.5 Å². The summed E-state index contributed by atoms with van der Waals surface area (Å²) in [7, 11) is 4.91. The highest BCUT2D eigenvalue weighted by molar-refractivity contribution is 5.29. The van der Waals surface area contributed by atoms with Gasteiger partial charge >= 0.3 is 0 Å². The summed E-state index contributed by atoms with van der Waals surface area (Å²) in [5, 5.41) is 22.2. The summed E-state index contributed by atoms with van der Waals surface area (Å²) >= 11 is 0. The second-order valence-corrected chi connectivity index (χ2v) is 15.9. The number of hydrogen-bond acceptors (Lipinski definition) is 11. The van der Waals surface area contributed by atoms with E-state index >= 15 is 0 Å². The number of fused-ring (bicyclic) bond motifs is 3. The highest BCUT2D eigenvalue weighted by Gasteiger charge is 2.78. The first-order valence-electron chi connectivity index (χ1n) is 18.0. The van der Waals surface area contributed by atoms with Crippen LogP contribution >= 0.6 is 0 Å². The minimum absolute atomic E-state index is 0.0148. The molecule has 2 aromatic rings. The minimum Gasteiger partial charge on any atom is -0.389 e. The third kappa shape index (κ3) is 5.85. The van der Waals surface area contributed by atoms with Gasteiger partial charge in [-0.3, -0.25) is 0 Å². The molecule has 1 N–H and O–H groups in total. The summed E-state index contributed by atoms with van der Waals surface area (Å²) < 4.78 is 65.1. The van der Waals surface area contributed by atoms with Gasteiger partial charge in [0, 0.05) is 57.6 Å². The van der Waals surface area contributed by atoms with Gasteiger partial charge in [0.25, 0.3) is 0 Å². The Morgan fingerprint density at radius 3 is 2.44 bits per heavy atom. The molecule has 50 heavy (non-hydrogen) atoms. The van der Waals surface area contributed by atoms with Gasteiger partial charge in [-0.05, 0) is 69.6 Å². The summed E-state index contributed by atoms with van der Waals surface area (Å²) in [6, 6.07) is 6.46. The molecule has 0 radical (unpaired) electrons. The Balaban J connectivity index is 1.29. The molecule has 1 aliphatic heterocycles. The zero-order chi connectivity index (χ0) is 35.4. The lowest BCUT2D eigenvalue weighted by atomic mass is 9.40. The number of aromatic nitrogens is 3. The molecule has 1 spiro atoms. The van der Waals surface area contributed by atoms with Crippen molar-refractivity contribution in [3.8, 4) is 0 Å². The molecule has 5 aliphatic rings. The van der Waals surface area contributed by atoms with Crippen molar-refractivity contribution in [3.63, 3.8) is 0 Å². The van der Waals surface area contributed by atoms with E-state index in [1.807, 2.05) is 24.7 Å². The Hall–Kier alpha value is -2.07. The summed E-state index contributed by atoms with van der Waals surface area (Å²) in [5.74, 6) is -1.29. The van der Waals surface area contributed by atoms with Gasteiger partial charge < -0.3 is 43.0 Å². The molecule has 4 aliphatic carbocycles. The molecule has 1 aromatic heterocycles. The van der Waals surface area contributed by atoms with Crippen LogP contribution < -0.4 is 0 Å². The van der Waals surface area contributed by atoms with Crippen LogP contribution in [0.3, 0.4) is 0 Å². The fraction of sp³-hybridized carbons (Fsp3) is 0.784. The first-order valence-corrected chi connectivity index (χ1v) is 18.0. The number of ether oxygens (including phenoxy) is 8. The maximum absolute atomic E-state index is 13.6. The normalized spacial score (nSPS) is 40.5. The lowest BCUT2D eigenvalue weighted by molar-refractivity contribution is -0.408. The van der Waals surface area contributed by atoms with Crippen molar-refractivity contribution < 1.29 is 47.4 Å². The molecular weight excluding hydrogens is 649 g/mol. The summed E-state index contributed by atoms with van der Waals surface area (Å²) in [6.07, 6.45) is 5.67. The molecule has 278 valence electrons. The van der Waals surface area contributed by atoms with Gasteiger partial charge in [0.2, 0.25) is 0 Å². The number of methoxy groups -OCH3 is 3. The maximum Gasteiger partial charge on any atom is 0.163 e. The Morgan fingerprint density at radius 1 is 0.960 bits per heavy atom. The first kappa shape index (κ1) is 36.3. The summed E-state index contributed by atoms with van der Waals surface area (Å²) in [5.41, 5.74) is -1.15. The first-order chi connectivity index (χ1) is 23.9. The zero-order valence-corrected chi connectivity index (χ0v) is 30.3. The number of aliphatic hydroxyl groups is 1. The maximum atomic E-state index is 13.6. The largest absolute Gasteiger partial charge is 0.389 e. The molecule has 7 rings (SSSR count). The highest BCUT2D eigenvalue weighted by Crippen LogP contribution is 2.73. The average molecular weight is 704 g/mol. The van der Waals surface area contributed by atoms with Crippen molar-refractivity contribution in [2.45, 2.75) is 113 Å². The molecule has 10 atom stereocenters. The average Bonchev–Trinajstić information content (AvgIpc) is 3.66. The molecule has 0 bridgehead atoms. The Labute approximate surface area is 294 Å². The molecule has 13 heteroatoms. The van der Waals surface area contributed by atoms with Crippen molar-refractivity contribution in [3.05, 3.63) is 47.5 Å². The Morgan fingerprint density at radius 2 is 1.70 bits per heavy atom. The van der Waals surface area contributed by atoms with Gasteiger partial charge in [-0.2, -0.15) is 0 Å². The van der Waals surface area contributed by atoms with Gasteiger partial charge in [-0.25, -0.2) is 9.07 Å². The summed E-state index contributed by atoms with van der Waals surface area (Å²) in [6.45, 7) is 7.38. The second-order valence-electron chi connectivity index (χ2n) is 15.9. The van der Waals surface area contributed by atoms with E-state index in [0.29, 0.717) is 45.3 Å². The summed E-state index contributed by atoms with van der Waals surface area (Å²) in [4.78, 5) is 0. The fourth-order valence-corrected chi connectivity index (χ4v) is 11.1. The van der Waals surface area contributed by atoms with Crippen molar-refractivity contribution in [2.24, 2.45) is 22.7 Å². The third-order valence-electron chi connectivity index (χ3n) is 13.1. The standard InChI is InChI=1S/C37H54FN3O9/c1-33(2)48-20-36-31(50-33)15-26(46-21-43-4)16-35(36,42)13-11-28-32(36)30(47-22-44-5)17-34(3)27(12-14-37(28,34)49-23-45-6)29-19-41(40-39-29)18-24-7-9-25(38)10-8-24/h7-10,19,26-28,30-32,42H,11-18,20-23H2,1-6H3/t26-,27+,28?,30+,31+,32?,34+,35-,36+,37-/m0/s1. The van der Waals surface area contributed by atoms with Crippen LogP contribution in [0.4, 0.5) is 4.39 Å². The topological polar surface area (TPSA) is 125 Å². The molecule has 0 amide bonds. The highest BCUT2D eigenvalue weighted by atomic mass is 19.1. The van der Waals surface area contributed by atoms with Crippen molar-refractivity contribution in [1.29, 1.82) is 0 Å². The van der Waals surface area contributed by atoms with Crippen LogP contribution in [0.15, 0.2) is 30.5 Å². The Kier molecular flexibility index (Phi) is 9.96. The van der Waals surface area contributed by atoms with E-state index in [4.69, 9.17) is 43.0 Å². The number of hydrogen-bond donors (Lipinski definition) is 1. The lowest BCUT2D eigenvalue weighted by Crippen LogP contribution is -2.78. The monoisotopic (exact) mass is 703 g/mol. The quantitative estimate of drug-likeness (QED) is 0.307. The van der Waals surface area contributed by atoms with Crippen LogP contribution in [0.2, 0.25) is 0 Å². The molecule has 4 saturated carbocycles. The van der Waals surface area contributed by atoms with Crippen LogP contribution in [0.25, 0.3) is 0 Å². The van der Waals surface area contributed by atoms with Crippen molar-refractivity contribution >= 4 is 0 Å². The van der Waals surface area contributed by atoms with E-state index in [1.54, 1.807) is 33.5 Å². The Bertz CT molecular complexity index is 1480. The number of halogens is 1. The van der Waals surface area contributed by atoms with Gasteiger partial charge in [0.15, 0.2) is 5.79 Å². The van der Waals surface area contributed by atoms with Gasteiger partial charge in [-0.15, -0.1) is 5.10 Å². The van der Waals surface area contributed by atoms with E-state index in [9.17, 15) is 9.50 Å². The van der Waals surface area contributed by atoms with E-state index in [-0.39, 0.29) is 62.3 Å². The van der Waals surface area contributed by atoms with E-state index in [1.165, 1.54) is 12.1 Å². The molecule has 2 unspecified atom stereocenters. The van der Waals surface area contributed by atoms with Gasteiger partial charge in [-0.1, -0.05) is 24.3 Å². The molecule has 1 saturated heterocycles. The third-order valence-corrected chi connectivity index (χ3v) is 13.1. The SMILES string of the molecule is COCO[C@H]1C[C@H]2OC(C)(C)OC[C@]23C2C(CC[C@]3(O)C1)[C@@]1(OCOC)CC[C@H](c3cn(Cc4ccc(F)cc4)nn3)[C@@]1(C)C[C@H]2OCOC. The van der Waals surface area contributed by atoms with Gasteiger partial charge in [0.1, 0.15) is 26.2 Å². The van der Waals surface area contributed by atoms with Crippen molar-refractivity contribution in [2.75, 3.05) is 48.3 Å². The van der Waals surface area contributed by atoms with E-state index in [2.05, 4.69) is 12.1 Å².